The molecular formula is C21H18Br2N2O4. The van der Waals surface area contributed by atoms with E-state index in [-0.39, 0.29) is 18.2 Å². The van der Waals surface area contributed by atoms with Gasteiger partial charge in [-0.15, -0.1) is 0 Å². The number of benzene rings is 2. The highest BCUT2D eigenvalue weighted by molar-refractivity contribution is 9.25. The van der Waals surface area contributed by atoms with Crippen molar-refractivity contribution < 1.29 is 19.5 Å². The van der Waals surface area contributed by atoms with E-state index in [0.717, 1.165) is 5.56 Å². The first-order valence-electron chi connectivity index (χ1n) is 9.13. The third-order valence-electron chi connectivity index (χ3n) is 5.64. The number of amides is 2. The average Bonchev–Trinajstić information content (AvgIpc) is 3.22. The molecule has 2 aliphatic heterocycles. The van der Waals surface area contributed by atoms with Crippen LogP contribution in [0.3, 0.4) is 0 Å². The van der Waals surface area contributed by atoms with E-state index in [4.69, 9.17) is 0 Å². The van der Waals surface area contributed by atoms with Gasteiger partial charge in [0.05, 0.1) is 5.41 Å². The third kappa shape index (κ3) is 3.48. The zero-order chi connectivity index (χ0) is 20.8. The quantitative estimate of drug-likeness (QED) is 0.462. The van der Waals surface area contributed by atoms with Gasteiger partial charge >= 0.3 is 6.09 Å². The van der Waals surface area contributed by atoms with Gasteiger partial charge in [-0.2, -0.15) is 0 Å². The zero-order valence-corrected chi connectivity index (χ0v) is 18.5. The predicted octanol–water partition coefficient (Wildman–Crippen LogP) is 4.38. The van der Waals surface area contributed by atoms with Gasteiger partial charge in [0.15, 0.2) is 9.02 Å². The van der Waals surface area contributed by atoms with E-state index in [9.17, 15) is 19.5 Å². The second kappa shape index (κ2) is 7.25. The van der Waals surface area contributed by atoms with Gasteiger partial charge in [-0.05, 0) is 36.6 Å². The van der Waals surface area contributed by atoms with E-state index < -0.39 is 14.7 Å². The van der Waals surface area contributed by atoms with Crippen LogP contribution in [-0.4, -0.2) is 40.9 Å². The maximum Gasteiger partial charge on any atom is 0.407 e. The Morgan fingerprint density at radius 3 is 2.52 bits per heavy atom. The van der Waals surface area contributed by atoms with Gasteiger partial charge in [-0.3, -0.25) is 9.59 Å². The minimum absolute atomic E-state index is 0.108. The number of likely N-dealkylation sites (tertiary alicyclic amines) is 1. The topological polar surface area (TPSA) is 86.7 Å². The number of fused-ring (bicyclic) bond motifs is 1. The van der Waals surface area contributed by atoms with Crippen LogP contribution >= 0.6 is 31.9 Å². The lowest BCUT2D eigenvalue weighted by atomic mass is 9.74. The third-order valence-corrected chi connectivity index (χ3v) is 7.22. The Hall–Kier alpha value is -2.19. The van der Waals surface area contributed by atoms with Crippen molar-refractivity contribution in [3.05, 3.63) is 65.2 Å². The summed E-state index contributed by atoms with van der Waals surface area (Å²) in [7, 11) is 0. The molecule has 2 aliphatic rings. The first-order chi connectivity index (χ1) is 13.7. The molecule has 0 radical (unpaired) electrons. The molecule has 29 heavy (non-hydrogen) atoms. The van der Waals surface area contributed by atoms with E-state index >= 15 is 0 Å². The fourth-order valence-electron chi connectivity index (χ4n) is 4.12. The number of halogens is 2. The summed E-state index contributed by atoms with van der Waals surface area (Å²) in [5.41, 5.74) is 1.88. The van der Waals surface area contributed by atoms with Crippen molar-refractivity contribution in [1.29, 1.82) is 0 Å². The molecule has 150 valence electrons. The molecule has 1 atom stereocenters. The van der Waals surface area contributed by atoms with Crippen LogP contribution in [-0.2, 0) is 14.4 Å². The average molecular weight is 522 g/mol. The van der Waals surface area contributed by atoms with Crippen molar-refractivity contribution in [2.75, 3.05) is 18.4 Å². The number of alkyl halides is 2. The molecule has 0 saturated carbocycles. The lowest BCUT2D eigenvalue weighted by Crippen LogP contribution is -2.38. The van der Waals surface area contributed by atoms with Crippen LogP contribution in [0.15, 0.2) is 48.5 Å². The smallest absolute Gasteiger partial charge is 0.407 e. The Morgan fingerprint density at radius 1 is 1.14 bits per heavy atom. The summed E-state index contributed by atoms with van der Waals surface area (Å²) < 4.78 is -1.08. The van der Waals surface area contributed by atoms with Gasteiger partial charge in [0.2, 0.25) is 0 Å². The van der Waals surface area contributed by atoms with Crippen molar-refractivity contribution in [3.8, 4) is 0 Å². The monoisotopic (exact) mass is 520 g/mol. The number of rotatable bonds is 4. The number of hydrogen-bond donors (Lipinski definition) is 2. The summed E-state index contributed by atoms with van der Waals surface area (Å²) in [6.45, 7) is 0.470. The lowest BCUT2D eigenvalue weighted by Gasteiger charge is -2.28. The number of carboxylic acid groups (broad SMARTS) is 1. The minimum Gasteiger partial charge on any atom is -0.465 e. The highest BCUT2D eigenvalue weighted by Gasteiger charge is 2.48. The normalized spacial score (nSPS) is 22.3. The fourth-order valence-corrected chi connectivity index (χ4v) is 4.97. The summed E-state index contributed by atoms with van der Waals surface area (Å²) in [4.78, 5) is 38.7. The summed E-state index contributed by atoms with van der Waals surface area (Å²) >= 11 is 6.75. The molecule has 0 spiro atoms. The van der Waals surface area contributed by atoms with Crippen molar-refractivity contribution in [3.63, 3.8) is 0 Å². The number of nitrogens with one attached hydrogen (secondary N) is 1. The first-order valence-corrected chi connectivity index (χ1v) is 10.7. The van der Waals surface area contributed by atoms with Crippen LogP contribution in [0.4, 0.5) is 10.5 Å². The van der Waals surface area contributed by atoms with Crippen LogP contribution in [0.2, 0.25) is 0 Å². The van der Waals surface area contributed by atoms with Gasteiger partial charge in [0.25, 0.3) is 5.91 Å². The van der Waals surface area contributed by atoms with Crippen LogP contribution in [0.25, 0.3) is 0 Å². The van der Waals surface area contributed by atoms with Crippen molar-refractivity contribution >= 4 is 55.3 Å². The second-order valence-electron chi connectivity index (χ2n) is 7.51. The largest absolute Gasteiger partial charge is 0.465 e. The van der Waals surface area contributed by atoms with Crippen molar-refractivity contribution in [2.24, 2.45) is 5.41 Å². The molecule has 1 fully saturated rings. The highest BCUT2D eigenvalue weighted by atomic mass is 79.9. The Labute approximate surface area is 184 Å². The molecule has 2 aromatic carbocycles. The van der Waals surface area contributed by atoms with Gasteiger partial charge < -0.3 is 15.3 Å². The summed E-state index contributed by atoms with van der Waals surface area (Å²) in [5, 5.41) is 12.2. The lowest BCUT2D eigenvalue weighted by molar-refractivity contribution is -0.115. The van der Waals surface area contributed by atoms with Crippen molar-refractivity contribution in [2.45, 2.75) is 16.1 Å². The van der Waals surface area contributed by atoms with Gasteiger partial charge in [-0.1, -0.05) is 62.2 Å². The molecule has 0 aliphatic carbocycles. The van der Waals surface area contributed by atoms with Gasteiger partial charge in [0.1, 0.15) is 0 Å². The van der Waals surface area contributed by atoms with Crippen molar-refractivity contribution in [1.82, 2.24) is 4.90 Å². The van der Waals surface area contributed by atoms with E-state index in [1.807, 2.05) is 30.3 Å². The van der Waals surface area contributed by atoms with Crippen LogP contribution in [0.5, 0.6) is 0 Å². The number of carbonyl (C=O) groups is 3. The first kappa shape index (κ1) is 20.1. The number of ketones is 1. The Morgan fingerprint density at radius 2 is 1.86 bits per heavy atom. The van der Waals surface area contributed by atoms with Crippen LogP contribution in [0.1, 0.15) is 27.9 Å². The van der Waals surface area contributed by atoms with Gasteiger partial charge in [-0.25, -0.2) is 4.79 Å². The fraction of sp³-hybridized carbons (Fsp3) is 0.286. The summed E-state index contributed by atoms with van der Waals surface area (Å²) in [6.07, 6.45) is -0.107. The van der Waals surface area contributed by atoms with Crippen LogP contribution in [0, 0.1) is 5.41 Å². The SMILES string of the molecule is O=C(O)N1CCC(Cc2ccccc2)(C(=O)c2ccc3c(c2)C(Br)(Br)C(=O)N3)C1. The molecule has 8 heteroatoms. The summed E-state index contributed by atoms with van der Waals surface area (Å²) in [6, 6.07) is 14.7. The number of carbonyl (C=O) groups excluding carboxylic acids is 2. The molecule has 2 amide bonds. The maximum absolute atomic E-state index is 13.7. The molecule has 2 N–H and O–H groups in total. The summed E-state index contributed by atoms with van der Waals surface area (Å²) in [5.74, 6) is -0.364. The van der Waals surface area contributed by atoms with E-state index in [0.29, 0.717) is 36.2 Å². The van der Waals surface area contributed by atoms with Crippen LogP contribution < -0.4 is 5.32 Å². The number of Topliss-reactive ketones (excluding diaryl/α,β-unsaturated/α-hetero) is 1. The molecule has 6 nitrogen and oxygen atoms in total. The molecule has 0 aromatic heterocycles. The molecule has 2 aromatic rings. The number of anilines is 1. The molecule has 0 bridgehead atoms. The molecule has 4 rings (SSSR count). The maximum atomic E-state index is 13.7. The molecule has 1 unspecified atom stereocenters. The predicted molar refractivity (Wildman–Crippen MR) is 116 cm³/mol. The van der Waals surface area contributed by atoms with E-state index in [1.54, 1.807) is 18.2 Å². The Kier molecular flexibility index (Phi) is 5.02. The second-order valence-corrected chi connectivity index (χ2v) is 11.0. The molecule has 1 saturated heterocycles. The minimum atomic E-state index is -1.08. The van der Waals surface area contributed by atoms with E-state index in [2.05, 4.69) is 37.2 Å². The van der Waals surface area contributed by atoms with E-state index in [1.165, 1.54) is 4.90 Å². The van der Waals surface area contributed by atoms with Gasteiger partial charge in [0, 0.05) is 29.9 Å². The Bertz CT molecular complexity index is 1010. The zero-order valence-electron chi connectivity index (χ0n) is 15.3. The standard InChI is InChI=1S/C21H18Br2N2O4/c22-21(23)15-10-14(6-7-16(15)24-18(21)27)17(26)20(8-9-25(12-20)19(28)29)11-13-4-2-1-3-5-13/h1-7,10H,8-9,11-12H2,(H,24,27)(H,28,29). The molecule has 2 heterocycles. The molecular weight excluding hydrogens is 504 g/mol. The number of nitrogens with zero attached hydrogens (tertiary/aromatic N) is 1. The number of hydrogen-bond acceptors (Lipinski definition) is 3. The highest BCUT2D eigenvalue weighted by Crippen LogP contribution is 2.48. The Balaban J connectivity index is 1.73.